The van der Waals surface area contributed by atoms with Crippen molar-refractivity contribution in [2.24, 2.45) is 0 Å². The van der Waals surface area contributed by atoms with Crippen molar-refractivity contribution in [3.05, 3.63) is 67.9 Å². The first-order valence-corrected chi connectivity index (χ1v) is 13.0. The van der Waals surface area contributed by atoms with Crippen LogP contribution in [0, 0.1) is 0 Å². The lowest BCUT2D eigenvalue weighted by Gasteiger charge is -2.27. The fraction of sp³-hybridized carbons (Fsp3) is 0.381. The summed E-state index contributed by atoms with van der Waals surface area (Å²) in [5, 5.41) is 1.17. The fourth-order valence-electron chi connectivity index (χ4n) is 3.45. The predicted octanol–water partition coefficient (Wildman–Crippen LogP) is 2.64. The van der Waals surface area contributed by atoms with Gasteiger partial charge in [-0.3, -0.25) is 28.6 Å². The Labute approximate surface area is 212 Å². The van der Waals surface area contributed by atoms with E-state index in [0.717, 1.165) is 4.57 Å². The Morgan fingerprint density at radius 1 is 1.42 bits per heavy atom. The molecule has 2 heterocycles. The molecule has 5 atom stereocenters. The van der Waals surface area contributed by atoms with Gasteiger partial charge in [0, 0.05) is 12.6 Å². The number of halogens is 2. The predicted molar refractivity (Wildman–Crippen MR) is 130 cm³/mol. The van der Waals surface area contributed by atoms with Gasteiger partial charge in [0.05, 0.1) is 25.0 Å². The number of alkyl halides is 1. The number of hydroxylamine groups is 1. The van der Waals surface area contributed by atoms with Crippen LogP contribution in [-0.2, 0) is 28.0 Å². The minimum atomic E-state index is -4.96. The van der Waals surface area contributed by atoms with E-state index in [1.54, 1.807) is 30.3 Å². The average Bonchev–Trinajstić information content (AvgIpc) is 3.20. The highest BCUT2D eigenvalue weighted by atomic mass is 79.9. The van der Waals surface area contributed by atoms with E-state index in [2.05, 4.69) is 25.4 Å². The largest absolute Gasteiger partial charge is 0.529 e. The summed E-state index contributed by atoms with van der Waals surface area (Å²) >= 11 is 3.03. The van der Waals surface area contributed by atoms with Crippen LogP contribution in [0.2, 0.25) is 0 Å². The average molecular weight is 592 g/mol. The molecule has 0 amide bonds. The third kappa shape index (κ3) is 6.78. The number of ether oxygens (including phenoxy) is 1. The second-order valence-electron chi connectivity index (χ2n) is 7.62. The molecule has 1 unspecified atom stereocenters. The van der Waals surface area contributed by atoms with Gasteiger partial charge in [-0.25, -0.2) is 23.6 Å². The fourth-order valence-corrected chi connectivity index (χ4v) is 4.51. The molecule has 1 aromatic carbocycles. The molecule has 2 N–H and O–H groups in total. The summed E-state index contributed by atoms with van der Waals surface area (Å²) in [6.07, 6.45) is -1.84. The van der Waals surface area contributed by atoms with Crippen LogP contribution in [0.3, 0.4) is 0 Å². The Bertz CT molecular complexity index is 1260. The molecule has 12 nitrogen and oxygen atoms in total. The Morgan fingerprint density at radius 3 is 2.75 bits per heavy atom. The standard InChI is InChI=1S/C21H24BrFN3O9P/c1-13(26(32-2)15-6-4-3-5-7-15)20(28)35-36(30,31)33-12-17-16(23)10-18(34-17)25-11-14(8-9-22)19(27)24-21(25)29/h3-9,11,13,16-18H,10,12H2,1-2H3,(H,30,31)(H,24,27,29)/b9-8+/t13-,16-,17+,18+/m0/s1. The number of hydrogen-bond donors (Lipinski definition) is 2. The van der Waals surface area contributed by atoms with Gasteiger partial charge in [0.1, 0.15) is 18.5 Å². The molecular formula is C21H24BrFN3O9P. The van der Waals surface area contributed by atoms with Crippen LogP contribution in [0.1, 0.15) is 25.1 Å². The Balaban J connectivity index is 1.62. The number of hydrogen-bond acceptors (Lipinski definition) is 9. The molecular weight excluding hydrogens is 568 g/mol. The van der Waals surface area contributed by atoms with Crippen LogP contribution in [-0.4, -0.2) is 52.4 Å². The first kappa shape index (κ1) is 28.0. The number of H-pyrrole nitrogens is 1. The Morgan fingerprint density at radius 2 is 2.11 bits per heavy atom. The minimum absolute atomic E-state index is 0.117. The maximum atomic E-state index is 14.6. The smallest absolute Gasteiger partial charge is 0.369 e. The van der Waals surface area contributed by atoms with Gasteiger partial charge in [0.25, 0.3) is 5.56 Å². The number of para-hydroxylation sites is 1. The van der Waals surface area contributed by atoms with Gasteiger partial charge in [0.15, 0.2) is 6.04 Å². The maximum absolute atomic E-state index is 14.6. The van der Waals surface area contributed by atoms with Crippen molar-refractivity contribution < 1.29 is 37.3 Å². The summed E-state index contributed by atoms with van der Waals surface area (Å²) in [6.45, 7) is 0.647. The molecule has 1 aromatic heterocycles. The SMILES string of the molecule is CON(c1ccccc1)[C@@H](C)C(=O)OP(=O)(O)OC[C@H]1O[C@@H](n2cc(/C=C/Br)c(=O)[nH]c2=O)C[C@@H]1F. The Kier molecular flexibility index (Phi) is 9.39. The summed E-state index contributed by atoms with van der Waals surface area (Å²) in [5.41, 5.74) is -0.844. The molecule has 196 valence electrons. The van der Waals surface area contributed by atoms with Gasteiger partial charge in [-0.2, -0.15) is 0 Å². The van der Waals surface area contributed by atoms with Crippen LogP contribution in [0.5, 0.6) is 0 Å². The van der Waals surface area contributed by atoms with Crippen molar-refractivity contribution in [2.75, 3.05) is 18.8 Å². The lowest BCUT2D eigenvalue weighted by atomic mass is 10.2. The molecule has 3 rings (SSSR count). The van der Waals surface area contributed by atoms with Crippen LogP contribution >= 0.6 is 23.8 Å². The first-order valence-electron chi connectivity index (χ1n) is 10.6. The third-order valence-electron chi connectivity index (χ3n) is 5.22. The molecule has 1 fully saturated rings. The van der Waals surface area contributed by atoms with Crippen LogP contribution in [0.25, 0.3) is 6.08 Å². The number of aromatic amines is 1. The van der Waals surface area contributed by atoms with Crippen LogP contribution in [0.4, 0.5) is 10.1 Å². The zero-order valence-electron chi connectivity index (χ0n) is 19.2. The number of anilines is 1. The highest BCUT2D eigenvalue weighted by Gasteiger charge is 2.40. The van der Waals surface area contributed by atoms with Gasteiger partial charge in [0.2, 0.25) is 0 Å². The molecule has 1 aliphatic rings. The number of aromatic nitrogens is 2. The monoisotopic (exact) mass is 591 g/mol. The zero-order valence-corrected chi connectivity index (χ0v) is 21.6. The number of phosphoric ester groups is 1. The van der Waals surface area contributed by atoms with Crippen molar-refractivity contribution in [1.29, 1.82) is 0 Å². The summed E-state index contributed by atoms with van der Waals surface area (Å²) in [6, 6.07) is 7.37. The number of rotatable bonds is 10. The molecule has 36 heavy (non-hydrogen) atoms. The summed E-state index contributed by atoms with van der Waals surface area (Å²) in [5.74, 6) is -1.12. The molecule has 1 saturated heterocycles. The van der Waals surface area contributed by atoms with Crippen molar-refractivity contribution in [2.45, 2.75) is 37.9 Å². The number of benzene rings is 1. The van der Waals surface area contributed by atoms with Crippen molar-refractivity contribution in [1.82, 2.24) is 9.55 Å². The van der Waals surface area contributed by atoms with E-state index >= 15 is 0 Å². The van der Waals surface area contributed by atoms with Crippen LogP contribution < -0.4 is 16.3 Å². The van der Waals surface area contributed by atoms with E-state index in [-0.39, 0.29) is 12.0 Å². The molecule has 15 heteroatoms. The summed E-state index contributed by atoms with van der Waals surface area (Å²) in [7, 11) is -3.64. The van der Waals surface area contributed by atoms with Crippen molar-refractivity contribution in [3.63, 3.8) is 0 Å². The lowest BCUT2D eigenvalue weighted by molar-refractivity contribution is -0.139. The number of carbonyl (C=O) groups excluding carboxylic acids is 1. The third-order valence-corrected chi connectivity index (χ3v) is 6.37. The maximum Gasteiger partial charge on any atom is 0.529 e. The molecule has 0 spiro atoms. The molecule has 0 radical (unpaired) electrons. The summed E-state index contributed by atoms with van der Waals surface area (Å²) in [4.78, 5) is 55.1. The number of phosphoric acid groups is 1. The number of carbonyl (C=O) groups is 1. The summed E-state index contributed by atoms with van der Waals surface area (Å²) < 4.78 is 42.8. The van der Waals surface area contributed by atoms with E-state index in [1.807, 2.05) is 0 Å². The molecule has 0 bridgehead atoms. The topological polar surface area (TPSA) is 149 Å². The van der Waals surface area contributed by atoms with Gasteiger partial charge in [-0.05, 0) is 30.1 Å². The molecule has 0 aliphatic carbocycles. The Hall–Kier alpha value is -2.61. The normalized spacial score (nSPS) is 22.3. The van der Waals surface area contributed by atoms with Gasteiger partial charge < -0.3 is 9.26 Å². The van der Waals surface area contributed by atoms with Gasteiger partial charge in [-0.1, -0.05) is 34.1 Å². The molecule has 1 aliphatic heterocycles. The second kappa shape index (κ2) is 12.1. The van der Waals surface area contributed by atoms with Crippen molar-refractivity contribution >= 4 is 41.5 Å². The van der Waals surface area contributed by atoms with Gasteiger partial charge in [-0.15, -0.1) is 0 Å². The first-order chi connectivity index (χ1) is 17.1. The van der Waals surface area contributed by atoms with Gasteiger partial charge >= 0.3 is 19.5 Å². The molecule has 0 saturated carbocycles. The number of nitrogens with one attached hydrogen (secondary N) is 1. The van der Waals surface area contributed by atoms with E-state index in [1.165, 1.54) is 36.4 Å². The highest BCUT2D eigenvalue weighted by Crippen LogP contribution is 2.45. The van der Waals surface area contributed by atoms with E-state index in [9.17, 15) is 28.2 Å². The minimum Gasteiger partial charge on any atom is -0.369 e. The van der Waals surface area contributed by atoms with Crippen molar-refractivity contribution in [3.8, 4) is 0 Å². The second-order valence-corrected chi connectivity index (χ2v) is 9.53. The zero-order chi connectivity index (χ0) is 26.5. The van der Waals surface area contributed by atoms with E-state index < -0.39 is 56.2 Å². The molecule has 2 aromatic rings. The quantitative estimate of drug-likeness (QED) is 0.312. The van der Waals surface area contributed by atoms with E-state index in [0.29, 0.717) is 5.69 Å². The highest BCUT2D eigenvalue weighted by molar-refractivity contribution is 9.11. The van der Waals surface area contributed by atoms with E-state index in [4.69, 9.17) is 14.1 Å². The van der Waals surface area contributed by atoms with Crippen LogP contribution in [0.15, 0.2) is 51.1 Å². The lowest BCUT2D eigenvalue weighted by Crippen LogP contribution is -2.39. The number of nitrogens with zero attached hydrogens (tertiary/aromatic N) is 2.